The van der Waals surface area contributed by atoms with E-state index in [4.69, 9.17) is 5.73 Å². The minimum atomic E-state index is 0. The zero-order valence-corrected chi connectivity index (χ0v) is 16.0. The van der Waals surface area contributed by atoms with E-state index in [0.29, 0.717) is 18.3 Å². The highest BCUT2D eigenvalue weighted by atomic mass is 35.5. The van der Waals surface area contributed by atoms with E-state index in [9.17, 15) is 9.90 Å². The molecule has 1 aromatic carbocycles. The third kappa shape index (κ3) is 2.09. The van der Waals surface area contributed by atoms with Crippen LogP contribution < -0.4 is 5.73 Å². The molecule has 1 saturated carbocycles. The highest BCUT2D eigenvalue weighted by Crippen LogP contribution is 2.61. The summed E-state index contributed by atoms with van der Waals surface area (Å²) in [6.07, 6.45) is 7.08. The Bertz CT molecular complexity index is 886. The number of aromatic hydroxyl groups is 1. The van der Waals surface area contributed by atoms with Crippen LogP contribution in [0.2, 0.25) is 0 Å². The SMILES string of the molecule is CCC[C@@]12CCC[C@H]3[C@H](N)Cc4c(n(c5cccc(O)c45)C(=O)C1)[C@H]32.Cl. The lowest BCUT2D eigenvalue weighted by atomic mass is 9.52. The van der Waals surface area contributed by atoms with Crippen LogP contribution in [0.5, 0.6) is 5.75 Å². The Labute approximate surface area is 160 Å². The van der Waals surface area contributed by atoms with Gasteiger partial charge in [0.1, 0.15) is 5.75 Å². The van der Waals surface area contributed by atoms with E-state index in [1.165, 1.54) is 18.5 Å². The summed E-state index contributed by atoms with van der Waals surface area (Å²) in [6, 6.07) is 5.67. The fourth-order valence-corrected chi connectivity index (χ4v) is 6.47. The van der Waals surface area contributed by atoms with Crippen molar-refractivity contribution in [3.05, 3.63) is 29.5 Å². The molecule has 1 aliphatic heterocycles. The fraction of sp³-hybridized carbons (Fsp3) is 0.571. The van der Waals surface area contributed by atoms with Gasteiger partial charge in [0.05, 0.1) is 5.52 Å². The standard InChI is InChI=1S/C21H26N2O2.ClH/c1-2-8-21-9-4-5-12-14(22)10-13-18-15(6-3-7-16(18)24)23(17(25)11-21)20(13)19(12)21;/h3,6-7,12,14,19,24H,2,4-5,8-11,22H2,1H3;1H/t12-,14+,19-,21+;/m0./s1. The first-order valence-corrected chi connectivity index (χ1v) is 9.71. The van der Waals surface area contributed by atoms with E-state index >= 15 is 0 Å². The van der Waals surface area contributed by atoms with Crippen molar-refractivity contribution in [2.75, 3.05) is 0 Å². The summed E-state index contributed by atoms with van der Waals surface area (Å²) in [7, 11) is 0. The Kier molecular flexibility index (Phi) is 4.12. The van der Waals surface area contributed by atoms with Crippen molar-refractivity contribution in [1.29, 1.82) is 0 Å². The van der Waals surface area contributed by atoms with E-state index < -0.39 is 0 Å². The van der Waals surface area contributed by atoms with Gasteiger partial charge in [0, 0.05) is 29.5 Å². The number of phenolic OH excluding ortho intramolecular Hbond substituents is 1. The number of nitrogens with zero attached hydrogens (tertiary/aromatic N) is 1. The Hall–Kier alpha value is -1.52. The predicted molar refractivity (Wildman–Crippen MR) is 105 cm³/mol. The molecule has 0 spiro atoms. The normalized spacial score (nSPS) is 32.2. The van der Waals surface area contributed by atoms with Crippen molar-refractivity contribution in [2.45, 2.75) is 63.8 Å². The number of halogens is 1. The van der Waals surface area contributed by atoms with Gasteiger partial charge in [0.15, 0.2) is 0 Å². The van der Waals surface area contributed by atoms with E-state index in [1.54, 1.807) is 6.07 Å². The van der Waals surface area contributed by atoms with E-state index in [2.05, 4.69) is 6.92 Å². The molecule has 2 heterocycles. The third-order valence-electron chi connectivity index (χ3n) is 7.20. The Morgan fingerprint density at radius 1 is 1.38 bits per heavy atom. The highest BCUT2D eigenvalue weighted by Gasteiger charge is 2.55. The van der Waals surface area contributed by atoms with Crippen molar-refractivity contribution in [2.24, 2.45) is 17.1 Å². The molecule has 0 unspecified atom stereocenters. The molecule has 5 heteroatoms. The van der Waals surface area contributed by atoms with Gasteiger partial charge in [-0.2, -0.15) is 0 Å². The number of aromatic nitrogens is 1. The van der Waals surface area contributed by atoms with Crippen molar-refractivity contribution >= 4 is 29.2 Å². The topological polar surface area (TPSA) is 68.2 Å². The molecule has 1 aromatic heterocycles. The molecule has 0 bridgehead atoms. The molecule has 5 rings (SSSR count). The maximum Gasteiger partial charge on any atom is 0.231 e. The van der Waals surface area contributed by atoms with Gasteiger partial charge in [-0.15, -0.1) is 12.4 Å². The molecular formula is C21H27ClN2O2. The summed E-state index contributed by atoms with van der Waals surface area (Å²) in [5.74, 6) is 1.32. The first-order chi connectivity index (χ1) is 12.1. The van der Waals surface area contributed by atoms with Gasteiger partial charge in [0.25, 0.3) is 0 Å². The Balaban J connectivity index is 0.00000168. The van der Waals surface area contributed by atoms with Gasteiger partial charge in [-0.1, -0.05) is 25.8 Å². The first-order valence-electron chi connectivity index (χ1n) is 9.71. The van der Waals surface area contributed by atoms with Crippen LogP contribution in [0.4, 0.5) is 0 Å². The van der Waals surface area contributed by atoms with Crippen LogP contribution in [0.25, 0.3) is 10.9 Å². The van der Waals surface area contributed by atoms with Crippen molar-refractivity contribution in [1.82, 2.24) is 4.57 Å². The summed E-state index contributed by atoms with van der Waals surface area (Å²) in [4.78, 5) is 13.2. The molecule has 2 aliphatic carbocycles. The molecule has 4 nitrogen and oxygen atoms in total. The van der Waals surface area contributed by atoms with Gasteiger partial charge >= 0.3 is 0 Å². The lowest BCUT2D eigenvalue weighted by molar-refractivity contribution is 0.0296. The van der Waals surface area contributed by atoms with Crippen LogP contribution in [0.1, 0.15) is 67.4 Å². The van der Waals surface area contributed by atoms with E-state index in [-0.39, 0.29) is 35.5 Å². The van der Waals surface area contributed by atoms with Crippen molar-refractivity contribution in [3.8, 4) is 5.75 Å². The maximum atomic E-state index is 13.2. The lowest BCUT2D eigenvalue weighted by Crippen LogP contribution is -2.53. The van der Waals surface area contributed by atoms with Gasteiger partial charge < -0.3 is 10.8 Å². The monoisotopic (exact) mass is 374 g/mol. The van der Waals surface area contributed by atoms with Gasteiger partial charge in [-0.25, -0.2) is 0 Å². The zero-order chi connectivity index (χ0) is 17.3. The third-order valence-corrected chi connectivity index (χ3v) is 7.20. The molecule has 26 heavy (non-hydrogen) atoms. The zero-order valence-electron chi connectivity index (χ0n) is 15.2. The lowest BCUT2D eigenvalue weighted by Gasteiger charge is -2.54. The van der Waals surface area contributed by atoms with Crippen LogP contribution >= 0.6 is 12.4 Å². The summed E-state index contributed by atoms with van der Waals surface area (Å²) in [5, 5.41) is 11.4. The number of phenols is 1. The molecule has 3 aliphatic rings. The minimum Gasteiger partial charge on any atom is -0.507 e. The number of rotatable bonds is 2. The second-order valence-electron chi connectivity index (χ2n) is 8.46. The molecule has 0 radical (unpaired) electrons. The second-order valence-corrected chi connectivity index (χ2v) is 8.46. The minimum absolute atomic E-state index is 0. The molecule has 1 fully saturated rings. The fourth-order valence-electron chi connectivity index (χ4n) is 6.47. The number of fused-ring (bicyclic) bond motifs is 3. The Morgan fingerprint density at radius 3 is 2.96 bits per heavy atom. The predicted octanol–water partition coefficient (Wildman–Crippen LogP) is 4.37. The van der Waals surface area contributed by atoms with Crippen molar-refractivity contribution < 1.29 is 9.90 Å². The van der Waals surface area contributed by atoms with E-state index in [1.807, 2.05) is 16.7 Å². The summed E-state index contributed by atoms with van der Waals surface area (Å²) >= 11 is 0. The largest absolute Gasteiger partial charge is 0.507 e. The summed E-state index contributed by atoms with van der Waals surface area (Å²) in [6.45, 7) is 2.22. The number of carbonyl (C=O) groups is 1. The molecule has 140 valence electrons. The van der Waals surface area contributed by atoms with Crippen LogP contribution in [-0.2, 0) is 6.42 Å². The Morgan fingerprint density at radius 2 is 2.19 bits per heavy atom. The van der Waals surface area contributed by atoms with Crippen LogP contribution in [0.3, 0.4) is 0 Å². The van der Waals surface area contributed by atoms with E-state index in [0.717, 1.165) is 42.1 Å². The average molecular weight is 375 g/mol. The van der Waals surface area contributed by atoms with Crippen molar-refractivity contribution in [3.63, 3.8) is 0 Å². The van der Waals surface area contributed by atoms with Gasteiger partial charge in [-0.05, 0) is 54.7 Å². The average Bonchev–Trinajstić information content (AvgIpc) is 2.91. The van der Waals surface area contributed by atoms with Crippen LogP contribution in [0.15, 0.2) is 18.2 Å². The molecule has 2 aromatic rings. The number of nitrogens with two attached hydrogens (primary N) is 1. The molecular weight excluding hydrogens is 348 g/mol. The van der Waals surface area contributed by atoms with Gasteiger partial charge in [0.2, 0.25) is 5.91 Å². The quantitative estimate of drug-likeness (QED) is 0.820. The summed E-state index contributed by atoms with van der Waals surface area (Å²) in [5.41, 5.74) is 9.92. The number of hydrogen-bond donors (Lipinski definition) is 2. The smallest absolute Gasteiger partial charge is 0.231 e. The molecule has 4 atom stereocenters. The van der Waals surface area contributed by atoms with Gasteiger partial charge in [-0.3, -0.25) is 9.36 Å². The molecule has 0 amide bonds. The second kappa shape index (κ2) is 6.00. The van der Waals surface area contributed by atoms with Crippen LogP contribution in [0, 0.1) is 11.3 Å². The maximum absolute atomic E-state index is 13.2. The number of benzene rings is 1. The van der Waals surface area contributed by atoms with Crippen LogP contribution in [-0.4, -0.2) is 21.6 Å². The number of hydrogen-bond acceptors (Lipinski definition) is 3. The number of carbonyl (C=O) groups excluding carboxylic acids is 1. The summed E-state index contributed by atoms with van der Waals surface area (Å²) < 4.78 is 1.94. The molecule has 0 saturated heterocycles. The first kappa shape index (κ1) is 17.9. The molecule has 3 N–H and O–H groups in total. The highest BCUT2D eigenvalue weighted by molar-refractivity contribution is 6.00.